The highest BCUT2D eigenvalue weighted by molar-refractivity contribution is 7.98. The second-order valence-corrected chi connectivity index (χ2v) is 6.65. The van der Waals surface area contributed by atoms with Crippen molar-refractivity contribution in [1.82, 2.24) is 10.2 Å². The number of hydrogen-bond acceptors (Lipinski definition) is 6. The van der Waals surface area contributed by atoms with Crippen LogP contribution in [0.1, 0.15) is 16.7 Å². The van der Waals surface area contributed by atoms with Gasteiger partial charge in [-0.25, -0.2) is 0 Å². The molecule has 0 saturated carbocycles. The molecular formula is C18H16N2O3S. The standard InChI is InChI=1S/C18H16N2O3S/c1-11-5-12(2)7-13(6-11)9-24-18-20-19-17(23-18)14-3-4-15-16(8-14)22-10-21-15/h3-8H,9-10H2,1-2H3. The molecule has 0 spiro atoms. The number of aromatic nitrogens is 2. The fraction of sp³-hybridized carbons (Fsp3) is 0.222. The first-order chi connectivity index (χ1) is 11.7. The minimum Gasteiger partial charge on any atom is -0.454 e. The highest BCUT2D eigenvalue weighted by atomic mass is 32.2. The summed E-state index contributed by atoms with van der Waals surface area (Å²) in [5.41, 5.74) is 4.60. The van der Waals surface area contributed by atoms with Crippen molar-refractivity contribution in [3.63, 3.8) is 0 Å². The van der Waals surface area contributed by atoms with Gasteiger partial charge in [0, 0.05) is 11.3 Å². The Hall–Kier alpha value is -2.47. The Morgan fingerprint density at radius 1 is 0.958 bits per heavy atom. The van der Waals surface area contributed by atoms with Gasteiger partial charge < -0.3 is 13.9 Å². The molecule has 6 heteroatoms. The van der Waals surface area contributed by atoms with Crippen molar-refractivity contribution in [2.24, 2.45) is 0 Å². The fourth-order valence-corrected chi connectivity index (χ4v) is 3.40. The van der Waals surface area contributed by atoms with E-state index < -0.39 is 0 Å². The van der Waals surface area contributed by atoms with Crippen LogP contribution in [0.2, 0.25) is 0 Å². The van der Waals surface area contributed by atoms with Gasteiger partial charge in [0.05, 0.1) is 0 Å². The summed E-state index contributed by atoms with van der Waals surface area (Å²) in [7, 11) is 0. The number of rotatable bonds is 4. The van der Waals surface area contributed by atoms with E-state index in [-0.39, 0.29) is 6.79 Å². The summed E-state index contributed by atoms with van der Waals surface area (Å²) in [6.45, 7) is 4.46. The van der Waals surface area contributed by atoms with E-state index >= 15 is 0 Å². The maximum Gasteiger partial charge on any atom is 0.277 e. The highest BCUT2D eigenvalue weighted by Crippen LogP contribution is 2.36. The van der Waals surface area contributed by atoms with Gasteiger partial charge in [-0.15, -0.1) is 10.2 Å². The van der Waals surface area contributed by atoms with Gasteiger partial charge in [0.1, 0.15) is 0 Å². The van der Waals surface area contributed by atoms with Crippen LogP contribution in [-0.4, -0.2) is 17.0 Å². The summed E-state index contributed by atoms with van der Waals surface area (Å²) in [5, 5.41) is 8.80. The molecule has 1 aliphatic rings. The van der Waals surface area contributed by atoms with E-state index in [1.807, 2.05) is 18.2 Å². The Bertz CT molecular complexity index is 871. The van der Waals surface area contributed by atoms with E-state index in [4.69, 9.17) is 13.9 Å². The second kappa shape index (κ2) is 6.20. The van der Waals surface area contributed by atoms with E-state index in [2.05, 4.69) is 42.2 Å². The molecule has 0 N–H and O–H groups in total. The molecule has 2 heterocycles. The summed E-state index contributed by atoms with van der Waals surface area (Å²) in [4.78, 5) is 0. The van der Waals surface area contributed by atoms with Crippen LogP contribution < -0.4 is 9.47 Å². The van der Waals surface area contributed by atoms with Crippen molar-refractivity contribution in [1.29, 1.82) is 0 Å². The van der Waals surface area contributed by atoms with E-state index in [9.17, 15) is 0 Å². The van der Waals surface area contributed by atoms with Crippen molar-refractivity contribution in [2.75, 3.05) is 6.79 Å². The van der Waals surface area contributed by atoms with Crippen LogP contribution in [0.25, 0.3) is 11.5 Å². The molecule has 1 aromatic heterocycles. The van der Waals surface area contributed by atoms with E-state index in [0.29, 0.717) is 16.9 Å². The lowest BCUT2D eigenvalue weighted by Crippen LogP contribution is -1.92. The largest absolute Gasteiger partial charge is 0.454 e. The first kappa shape index (κ1) is 15.1. The minimum atomic E-state index is 0.250. The van der Waals surface area contributed by atoms with Crippen LogP contribution in [0, 0.1) is 13.8 Å². The molecule has 0 unspecified atom stereocenters. The summed E-state index contributed by atoms with van der Waals surface area (Å²) < 4.78 is 16.4. The molecule has 1 aliphatic heterocycles. The Kier molecular flexibility index (Phi) is 3.90. The van der Waals surface area contributed by atoms with Crippen LogP contribution in [0.3, 0.4) is 0 Å². The summed E-state index contributed by atoms with van der Waals surface area (Å²) in [6.07, 6.45) is 0. The van der Waals surface area contributed by atoms with Crippen LogP contribution in [-0.2, 0) is 5.75 Å². The molecule has 0 aliphatic carbocycles. The van der Waals surface area contributed by atoms with Gasteiger partial charge in [-0.3, -0.25) is 0 Å². The van der Waals surface area contributed by atoms with Gasteiger partial charge in [0.15, 0.2) is 11.5 Å². The molecule has 0 radical (unpaired) electrons. The quantitative estimate of drug-likeness (QED) is 0.657. The molecule has 24 heavy (non-hydrogen) atoms. The zero-order valence-corrected chi connectivity index (χ0v) is 14.2. The Morgan fingerprint density at radius 2 is 1.75 bits per heavy atom. The van der Waals surface area contributed by atoms with Gasteiger partial charge in [-0.2, -0.15) is 0 Å². The highest BCUT2D eigenvalue weighted by Gasteiger charge is 2.16. The Balaban J connectivity index is 1.48. The number of thioether (sulfide) groups is 1. The maximum absolute atomic E-state index is 5.76. The molecule has 5 nitrogen and oxygen atoms in total. The number of ether oxygens (including phenoxy) is 2. The predicted octanol–water partition coefficient (Wildman–Crippen LogP) is 4.37. The molecule has 122 valence electrons. The number of nitrogens with zero attached hydrogens (tertiary/aromatic N) is 2. The van der Waals surface area contributed by atoms with E-state index in [1.54, 1.807) is 0 Å². The zero-order chi connectivity index (χ0) is 16.5. The molecule has 0 atom stereocenters. The lowest BCUT2D eigenvalue weighted by molar-refractivity contribution is 0.174. The third kappa shape index (κ3) is 3.10. The molecule has 0 saturated heterocycles. The molecule has 2 aromatic carbocycles. The average Bonchev–Trinajstić information content (AvgIpc) is 3.20. The lowest BCUT2D eigenvalue weighted by atomic mass is 10.1. The zero-order valence-electron chi connectivity index (χ0n) is 13.4. The van der Waals surface area contributed by atoms with Crippen LogP contribution in [0.5, 0.6) is 11.5 Å². The maximum atomic E-state index is 5.76. The van der Waals surface area contributed by atoms with E-state index in [1.165, 1.54) is 28.5 Å². The molecule has 3 aromatic rings. The molecular weight excluding hydrogens is 324 g/mol. The SMILES string of the molecule is Cc1cc(C)cc(CSc2nnc(-c3ccc4c(c3)OCO4)o2)c1. The summed E-state index contributed by atoms with van der Waals surface area (Å²) >= 11 is 1.54. The third-order valence-electron chi connectivity index (χ3n) is 3.67. The van der Waals surface area contributed by atoms with Crippen molar-refractivity contribution in [3.05, 3.63) is 53.1 Å². The van der Waals surface area contributed by atoms with Crippen LogP contribution in [0.4, 0.5) is 0 Å². The predicted molar refractivity (Wildman–Crippen MR) is 91.3 cm³/mol. The van der Waals surface area contributed by atoms with Crippen LogP contribution in [0.15, 0.2) is 46.0 Å². The molecule has 4 rings (SSSR count). The number of hydrogen-bond donors (Lipinski definition) is 0. The van der Waals surface area contributed by atoms with Crippen molar-refractivity contribution < 1.29 is 13.9 Å². The lowest BCUT2D eigenvalue weighted by Gasteiger charge is -2.02. The topological polar surface area (TPSA) is 57.4 Å². The summed E-state index contributed by atoms with van der Waals surface area (Å²) in [5.74, 6) is 2.72. The number of benzene rings is 2. The molecule has 0 bridgehead atoms. The Labute approximate surface area is 144 Å². The smallest absolute Gasteiger partial charge is 0.277 e. The minimum absolute atomic E-state index is 0.250. The first-order valence-electron chi connectivity index (χ1n) is 7.61. The van der Waals surface area contributed by atoms with Gasteiger partial charge >= 0.3 is 0 Å². The monoisotopic (exact) mass is 340 g/mol. The van der Waals surface area contributed by atoms with Gasteiger partial charge in [0.25, 0.3) is 5.22 Å². The third-order valence-corrected chi connectivity index (χ3v) is 4.56. The van der Waals surface area contributed by atoms with Crippen molar-refractivity contribution in [3.8, 4) is 23.0 Å². The molecule has 0 fully saturated rings. The summed E-state index contributed by atoms with van der Waals surface area (Å²) in [6, 6.07) is 12.1. The van der Waals surface area contributed by atoms with Crippen LogP contribution >= 0.6 is 11.8 Å². The number of aryl methyl sites for hydroxylation is 2. The van der Waals surface area contributed by atoms with Crippen molar-refractivity contribution in [2.45, 2.75) is 24.8 Å². The van der Waals surface area contributed by atoms with Crippen molar-refractivity contribution >= 4 is 11.8 Å². The first-order valence-corrected chi connectivity index (χ1v) is 8.59. The molecule has 0 amide bonds. The van der Waals surface area contributed by atoms with Gasteiger partial charge in [-0.05, 0) is 37.6 Å². The Morgan fingerprint density at radius 3 is 2.58 bits per heavy atom. The fourth-order valence-electron chi connectivity index (χ4n) is 2.71. The normalized spacial score (nSPS) is 12.6. The second-order valence-electron chi connectivity index (χ2n) is 5.73. The van der Waals surface area contributed by atoms with Gasteiger partial charge in [-0.1, -0.05) is 41.1 Å². The number of fused-ring (bicyclic) bond motifs is 1. The average molecular weight is 340 g/mol. The van der Waals surface area contributed by atoms with Gasteiger partial charge in [0.2, 0.25) is 12.7 Å². The van der Waals surface area contributed by atoms with E-state index in [0.717, 1.165) is 17.1 Å².